The molecule has 1 saturated heterocycles. The van der Waals surface area contributed by atoms with Gasteiger partial charge in [-0.15, -0.1) is 17.8 Å². The first-order valence-corrected chi connectivity index (χ1v) is 9.90. The van der Waals surface area contributed by atoms with E-state index in [2.05, 4.69) is 16.8 Å². The molecule has 1 fully saturated rings. The highest BCUT2D eigenvalue weighted by Gasteiger charge is 2.28. The fraction of sp³-hybridized carbons (Fsp3) is 0.579. The molecule has 2 amide bonds. The largest absolute Gasteiger partial charge is 0.281 e. The van der Waals surface area contributed by atoms with E-state index in [1.807, 2.05) is 11.0 Å². The molecule has 1 aromatic rings. The first kappa shape index (κ1) is 18.0. The van der Waals surface area contributed by atoms with Crippen LogP contribution in [0.3, 0.4) is 0 Å². The molecule has 2 heterocycles. The van der Waals surface area contributed by atoms with Crippen molar-refractivity contribution < 1.29 is 9.59 Å². The Morgan fingerprint density at radius 2 is 2.04 bits per heavy atom. The Morgan fingerprint density at radius 3 is 2.88 bits per heavy atom. The topological polar surface area (TPSA) is 61.4 Å². The number of rotatable bonds is 3. The van der Waals surface area contributed by atoms with Crippen LogP contribution >= 0.6 is 11.3 Å². The highest BCUT2D eigenvalue weighted by atomic mass is 32.1. The predicted octanol–water partition coefficient (Wildman–Crippen LogP) is 2.27. The van der Waals surface area contributed by atoms with Gasteiger partial charge in [-0.3, -0.25) is 25.3 Å². The highest BCUT2D eigenvalue weighted by molar-refractivity contribution is 7.14. The number of carbonyl (C=O) groups is 2. The third kappa shape index (κ3) is 4.42. The van der Waals surface area contributed by atoms with Crippen LogP contribution in [-0.2, 0) is 17.6 Å². The van der Waals surface area contributed by atoms with Gasteiger partial charge in [0.25, 0.3) is 11.8 Å². The molecule has 0 spiro atoms. The number of thiophene rings is 1. The molecule has 1 aromatic heterocycles. The fourth-order valence-corrected chi connectivity index (χ4v) is 4.79. The number of hydrogen-bond acceptors (Lipinski definition) is 4. The van der Waals surface area contributed by atoms with Gasteiger partial charge in [-0.1, -0.05) is 18.8 Å². The number of terminal acetylenes is 1. The maximum Gasteiger partial charge on any atom is 0.279 e. The SMILES string of the molecule is C#CCN1CCCCC1C(=O)NNC(=O)c1cc2c(s1)CCCCC2. The van der Waals surface area contributed by atoms with Crippen LogP contribution in [0, 0.1) is 12.3 Å². The van der Waals surface area contributed by atoms with Gasteiger partial charge >= 0.3 is 0 Å². The average molecular weight is 359 g/mol. The summed E-state index contributed by atoms with van der Waals surface area (Å²) in [7, 11) is 0. The van der Waals surface area contributed by atoms with Crippen molar-refractivity contribution in [1.29, 1.82) is 0 Å². The van der Waals surface area contributed by atoms with E-state index in [0.29, 0.717) is 11.4 Å². The molecule has 0 saturated carbocycles. The number of carbonyl (C=O) groups excluding carboxylic acids is 2. The van der Waals surface area contributed by atoms with Crippen LogP contribution in [0.5, 0.6) is 0 Å². The molecule has 134 valence electrons. The Labute approximate surface area is 153 Å². The summed E-state index contributed by atoms with van der Waals surface area (Å²) < 4.78 is 0. The maximum atomic E-state index is 12.4. The molecule has 0 radical (unpaired) electrons. The van der Waals surface area contributed by atoms with E-state index < -0.39 is 0 Å². The number of piperidine rings is 1. The van der Waals surface area contributed by atoms with E-state index in [1.165, 1.54) is 29.7 Å². The molecule has 3 rings (SSSR count). The monoisotopic (exact) mass is 359 g/mol. The lowest BCUT2D eigenvalue weighted by Gasteiger charge is -2.33. The van der Waals surface area contributed by atoms with Crippen LogP contribution < -0.4 is 10.9 Å². The number of likely N-dealkylation sites (tertiary alicyclic amines) is 1. The number of aryl methyl sites for hydroxylation is 2. The van der Waals surface area contributed by atoms with Crippen molar-refractivity contribution in [3.05, 3.63) is 21.4 Å². The molecule has 1 unspecified atom stereocenters. The summed E-state index contributed by atoms with van der Waals surface area (Å²) in [5, 5.41) is 0. The van der Waals surface area contributed by atoms with Gasteiger partial charge in [0, 0.05) is 4.88 Å². The molecule has 1 atom stereocenters. The van der Waals surface area contributed by atoms with E-state index in [9.17, 15) is 9.59 Å². The summed E-state index contributed by atoms with van der Waals surface area (Å²) in [5.41, 5.74) is 6.46. The summed E-state index contributed by atoms with van der Waals surface area (Å²) in [6.07, 6.45) is 14.0. The summed E-state index contributed by atoms with van der Waals surface area (Å²) in [4.78, 5) is 28.8. The van der Waals surface area contributed by atoms with Gasteiger partial charge < -0.3 is 0 Å². The quantitative estimate of drug-likeness (QED) is 0.494. The molecule has 0 bridgehead atoms. The van der Waals surface area contributed by atoms with Crippen LogP contribution in [0.2, 0.25) is 0 Å². The molecule has 0 aromatic carbocycles. The van der Waals surface area contributed by atoms with Crippen molar-refractivity contribution in [1.82, 2.24) is 15.8 Å². The summed E-state index contributed by atoms with van der Waals surface area (Å²) in [5.74, 6) is 2.20. The molecule has 5 nitrogen and oxygen atoms in total. The van der Waals surface area contributed by atoms with Crippen LogP contribution in [0.1, 0.15) is 58.6 Å². The van der Waals surface area contributed by atoms with Crippen molar-refractivity contribution in [2.75, 3.05) is 13.1 Å². The van der Waals surface area contributed by atoms with Gasteiger partial charge in [-0.25, -0.2) is 0 Å². The van der Waals surface area contributed by atoms with Crippen LogP contribution in [0.15, 0.2) is 6.07 Å². The minimum atomic E-state index is -0.259. The van der Waals surface area contributed by atoms with Gasteiger partial charge in [0.05, 0.1) is 17.5 Å². The summed E-state index contributed by atoms with van der Waals surface area (Å²) >= 11 is 1.55. The second kappa shape index (κ2) is 8.50. The molecule has 1 aliphatic carbocycles. The standard InChI is InChI=1S/C19H25N3O2S/c1-2-11-22-12-7-6-9-15(22)18(23)20-21-19(24)17-13-14-8-4-3-5-10-16(14)25-17/h1,13,15H,3-12H2,(H,20,23)(H,21,24). The number of fused-ring (bicyclic) bond motifs is 1. The van der Waals surface area contributed by atoms with E-state index in [-0.39, 0.29) is 17.9 Å². The number of hydrazine groups is 1. The molecule has 6 heteroatoms. The van der Waals surface area contributed by atoms with E-state index in [0.717, 1.165) is 38.6 Å². The average Bonchev–Trinajstić information content (AvgIpc) is 2.91. The van der Waals surface area contributed by atoms with Crippen molar-refractivity contribution >= 4 is 23.2 Å². The van der Waals surface area contributed by atoms with Crippen molar-refractivity contribution in [3.63, 3.8) is 0 Å². The van der Waals surface area contributed by atoms with Gasteiger partial charge in [-0.2, -0.15) is 0 Å². The van der Waals surface area contributed by atoms with Crippen molar-refractivity contribution in [2.45, 2.75) is 57.4 Å². The second-order valence-corrected chi connectivity index (χ2v) is 7.89. The minimum Gasteiger partial charge on any atom is -0.281 e. The lowest BCUT2D eigenvalue weighted by Crippen LogP contribution is -2.53. The number of hydrogen-bond donors (Lipinski definition) is 2. The third-order valence-electron chi connectivity index (χ3n) is 4.98. The van der Waals surface area contributed by atoms with Gasteiger partial charge in [0.15, 0.2) is 0 Å². The summed E-state index contributed by atoms with van der Waals surface area (Å²) in [6.45, 7) is 1.29. The molecular weight excluding hydrogens is 334 g/mol. The van der Waals surface area contributed by atoms with Gasteiger partial charge in [0.2, 0.25) is 0 Å². The molecule has 1 aliphatic heterocycles. The normalized spacial score (nSPS) is 20.8. The van der Waals surface area contributed by atoms with E-state index in [4.69, 9.17) is 6.42 Å². The van der Waals surface area contributed by atoms with Crippen molar-refractivity contribution in [2.24, 2.45) is 0 Å². The van der Waals surface area contributed by atoms with Gasteiger partial charge in [-0.05, 0) is 56.7 Å². The smallest absolute Gasteiger partial charge is 0.279 e. The Kier molecular flexibility index (Phi) is 6.11. The first-order chi connectivity index (χ1) is 12.2. The third-order valence-corrected chi connectivity index (χ3v) is 6.22. The molecule has 2 N–H and O–H groups in total. The van der Waals surface area contributed by atoms with Gasteiger partial charge in [0.1, 0.15) is 0 Å². The fourth-order valence-electron chi connectivity index (χ4n) is 3.64. The highest BCUT2D eigenvalue weighted by Crippen LogP contribution is 2.28. The zero-order valence-electron chi connectivity index (χ0n) is 14.5. The molecule has 2 aliphatic rings. The summed E-state index contributed by atoms with van der Waals surface area (Å²) in [6, 6.07) is 1.73. The number of amides is 2. The van der Waals surface area contributed by atoms with Crippen LogP contribution in [0.25, 0.3) is 0 Å². The number of nitrogens with zero attached hydrogens (tertiary/aromatic N) is 1. The Morgan fingerprint density at radius 1 is 1.20 bits per heavy atom. The zero-order valence-corrected chi connectivity index (χ0v) is 15.3. The zero-order chi connectivity index (χ0) is 17.6. The molecular formula is C19H25N3O2S. The maximum absolute atomic E-state index is 12.4. The van der Waals surface area contributed by atoms with Crippen LogP contribution in [0.4, 0.5) is 0 Å². The molecule has 25 heavy (non-hydrogen) atoms. The lowest BCUT2D eigenvalue weighted by molar-refractivity contribution is -0.128. The lowest BCUT2D eigenvalue weighted by atomic mass is 10.0. The second-order valence-electron chi connectivity index (χ2n) is 6.75. The van der Waals surface area contributed by atoms with Crippen LogP contribution in [-0.4, -0.2) is 35.8 Å². The van der Waals surface area contributed by atoms with E-state index in [1.54, 1.807) is 11.3 Å². The predicted molar refractivity (Wildman–Crippen MR) is 99.2 cm³/mol. The van der Waals surface area contributed by atoms with E-state index >= 15 is 0 Å². The minimum absolute atomic E-state index is 0.179. The first-order valence-electron chi connectivity index (χ1n) is 9.08. The Hall–Kier alpha value is -1.84. The Balaban J connectivity index is 1.56. The van der Waals surface area contributed by atoms with Crippen molar-refractivity contribution in [3.8, 4) is 12.3 Å². The Bertz CT molecular complexity index is 653. The number of nitrogens with one attached hydrogen (secondary N) is 2.